The Balaban J connectivity index is 2.34. The van der Waals surface area contributed by atoms with E-state index in [2.05, 4.69) is 30.0 Å². The van der Waals surface area contributed by atoms with Crippen LogP contribution in [0.5, 0.6) is 5.75 Å². The average molecular weight is 276 g/mol. The van der Waals surface area contributed by atoms with Crippen molar-refractivity contribution in [3.63, 3.8) is 0 Å². The monoisotopic (exact) mass is 275 g/mol. The SMILES string of the molecule is COc1ccc(N(C)c2ccc(C)cc2CCl)cc1. The van der Waals surface area contributed by atoms with E-state index >= 15 is 0 Å². The minimum atomic E-state index is 0.511. The van der Waals surface area contributed by atoms with Crippen molar-refractivity contribution in [2.75, 3.05) is 19.1 Å². The van der Waals surface area contributed by atoms with E-state index in [-0.39, 0.29) is 0 Å². The summed E-state index contributed by atoms with van der Waals surface area (Å²) in [5.41, 5.74) is 4.60. The molecule has 0 aliphatic carbocycles. The summed E-state index contributed by atoms with van der Waals surface area (Å²) in [4.78, 5) is 2.14. The van der Waals surface area contributed by atoms with Crippen molar-refractivity contribution in [2.45, 2.75) is 12.8 Å². The molecule has 0 radical (unpaired) electrons. The maximum Gasteiger partial charge on any atom is 0.119 e. The van der Waals surface area contributed by atoms with Crippen LogP contribution in [0.4, 0.5) is 11.4 Å². The number of benzene rings is 2. The highest BCUT2D eigenvalue weighted by molar-refractivity contribution is 6.17. The summed E-state index contributed by atoms with van der Waals surface area (Å²) in [5, 5.41) is 0. The normalized spacial score (nSPS) is 10.3. The highest BCUT2D eigenvalue weighted by atomic mass is 35.5. The van der Waals surface area contributed by atoms with Crippen LogP contribution >= 0.6 is 11.6 Å². The third kappa shape index (κ3) is 3.02. The number of nitrogens with zero attached hydrogens (tertiary/aromatic N) is 1. The summed E-state index contributed by atoms with van der Waals surface area (Å²) in [6, 6.07) is 14.3. The molecular weight excluding hydrogens is 258 g/mol. The number of methoxy groups -OCH3 is 1. The molecule has 0 aliphatic heterocycles. The molecule has 0 saturated carbocycles. The minimum absolute atomic E-state index is 0.511. The maximum absolute atomic E-state index is 6.04. The predicted molar refractivity (Wildman–Crippen MR) is 81.8 cm³/mol. The Labute approximate surface area is 119 Å². The van der Waals surface area contributed by atoms with Crippen molar-refractivity contribution >= 4 is 23.0 Å². The number of alkyl halides is 1. The lowest BCUT2D eigenvalue weighted by molar-refractivity contribution is 0.415. The maximum atomic E-state index is 6.04. The molecule has 100 valence electrons. The van der Waals surface area contributed by atoms with E-state index in [1.54, 1.807) is 7.11 Å². The van der Waals surface area contributed by atoms with Gasteiger partial charge in [-0.2, -0.15) is 0 Å². The largest absolute Gasteiger partial charge is 0.497 e. The summed E-state index contributed by atoms with van der Waals surface area (Å²) in [7, 11) is 3.72. The number of hydrogen-bond donors (Lipinski definition) is 0. The molecule has 2 aromatic rings. The Morgan fingerprint density at radius 1 is 1.11 bits per heavy atom. The Kier molecular flexibility index (Phi) is 4.33. The molecule has 0 saturated heterocycles. The fourth-order valence-corrected chi connectivity index (χ4v) is 2.31. The Hall–Kier alpha value is -1.67. The lowest BCUT2D eigenvalue weighted by Gasteiger charge is -2.22. The van der Waals surface area contributed by atoms with Gasteiger partial charge in [-0.3, -0.25) is 0 Å². The number of aryl methyl sites for hydroxylation is 1. The smallest absolute Gasteiger partial charge is 0.119 e. The molecule has 0 unspecified atom stereocenters. The van der Waals surface area contributed by atoms with E-state index < -0.39 is 0 Å². The topological polar surface area (TPSA) is 12.5 Å². The van der Waals surface area contributed by atoms with Crippen LogP contribution in [0.15, 0.2) is 42.5 Å². The van der Waals surface area contributed by atoms with Gasteiger partial charge >= 0.3 is 0 Å². The average Bonchev–Trinajstić information content (AvgIpc) is 2.46. The Morgan fingerprint density at radius 2 is 1.79 bits per heavy atom. The molecule has 2 aromatic carbocycles. The minimum Gasteiger partial charge on any atom is -0.497 e. The number of hydrogen-bond acceptors (Lipinski definition) is 2. The first-order valence-corrected chi connectivity index (χ1v) is 6.72. The van der Waals surface area contributed by atoms with E-state index in [0.29, 0.717) is 5.88 Å². The first kappa shape index (κ1) is 13.8. The van der Waals surface area contributed by atoms with E-state index in [0.717, 1.165) is 22.7 Å². The van der Waals surface area contributed by atoms with Gasteiger partial charge in [0.1, 0.15) is 5.75 Å². The molecule has 2 rings (SSSR count). The first-order chi connectivity index (χ1) is 9.15. The predicted octanol–water partition coefficient (Wildman–Crippen LogP) is 4.51. The van der Waals surface area contributed by atoms with E-state index in [1.807, 2.05) is 31.3 Å². The van der Waals surface area contributed by atoms with Gasteiger partial charge in [0.15, 0.2) is 0 Å². The molecule has 0 N–H and O–H groups in total. The quantitative estimate of drug-likeness (QED) is 0.761. The van der Waals surface area contributed by atoms with Crippen molar-refractivity contribution in [2.24, 2.45) is 0 Å². The van der Waals surface area contributed by atoms with Gasteiger partial charge in [-0.15, -0.1) is 11.6 Å². The van der Waals surface area contributed by atoms with Gasteiger partial charge in [-0.1, -0.05) is 17.7 Å². The van der Waals surface area contributed by atoms with Crippen molar-refractivity contribution in [3.05, 3.63) is 53.6 Å². The third-order valence-electron chi connectivity index (χ3n) is 3.20. The number of rotatable bonds is 4. The molecule has 0 atom stereocenters. The Bertz CT molecular complexity index is 551. The molecule has 0 heterocycles. The molecule has 0 aliphatic rings. The Morgan fingerprint density at radius 3 is 2.37 bits per heavy atom. The summed E-state index contributed by atoms with van der Waals surface area (Å²) in [6.07, 6.45) is 0. The number of ether oxygens (including phenoxy) is 1. The molecule has 3 heteroatoms. The summed E-state index contributed by atoms with van der Waals surface area (Å²) >= 11 is 6.04. The van der Waals surface area contributed by atoms with Crippen LogP contribution < -0.4 is 9.64 Å². The first-order valence-electron chi connectivity index (χ1n) is 6.19. The zero-order valence-corrected chi connectivity index (χ0v) is 12.2. The van der Waals surface area contributed by atoms with Gasteiger partial charge in [0, 0.05) is 24.3 Å². The highest BCUT2D eigenvalue weighted by Crippen LogP contribution is 2.29. The van der Waals surface area contributed by atoms with Crippen molar-refractivity contribution < 1.29 is 4.74 Å². The second-order valence-corrected chi connectivity index (χ2v) is 4.79. The summed E-state index contributed by atoms with van der Waals surface area (Å²) < 4.78 is 5.18. The van der Waals surface area contributed by atoms with Gasteiger partial charge in [-0.05, 0) is 42.8 Å². The fraction of sp³-hybridized carbons (Fsp3) is 0.250. The second kappa shape index (κ2) is 5.98. The van der Waals surface area contributed by atoms with Crippen molar-refractivity contribution in [3.8, 4) is 5.75 Å². The molecule has 2 nitrogen and oxygen atoms in total. The summed E-state index contributed by atoms with van der Waals surface area (Å²) in [5.74, 6) is 1.37. The number of anilines is 2. The molecular formula is C16H18ClNO. The molecule has 0 fully saturated rings. The van der Waals surface area contributed by atoms with Gasteiger partial charge in [0.2, 0.25) is 0 Å². The second-order valence-electron chi connectivity index (χ2n) is 4.52. The lowest BCUT2D eigenvalue weighted by atomic mass is 10.1. The molecule has 19 heavy (non-hydrogen) atoms. The van der Waals surface area contributed by atoms with E-state index in [9.17, 15) is 0 Å². The van der Waals surface area contributed by atoms with Crippen LogP contribution in [0.25, 0.3) is 0 Å². The third-order valence-corrected chi connectivity index (χ3v) is 3.49. The van der Waals surface area contributed by atoms with Crippen molar-refractivity contribution in [1.29, 1.82) is 0 Å². The highest BCUT2D eigenvalue weighted by Gasteiger charge is 2.09. The molecule has 0 aromatic heterocycles. The van der Waals surface area contributed by atoms with Crippen molar-refractivity contribution in [1.82, 2.24) is 0 Å². The molecule has 0 spiro atoms. The zero-order chi connectivity index (χ0) is 13.8. The van der Waals surface area contributed by atoms with Crippen LogP contribution in [0.1, 0.15) is 11.1 Å². The number of halogens is 1. The summed E-state index contributed by atoms with van der Waals surface area (Å²) in [6.45, 7) is 2.08. The van der Waals surface area contributed by atoms with Crippen LogP contribution in [0.2, 0.25) is 0 Å². The lowest BCUT2D eigenvalue weighted by Crippen LogP contribution is -2.11. The van der Waals surface area contributed by atoms with Crippen LogP contribution in [-0.4, -0.2) is 14.2 Å². The van der Waals surface area contributed by atoms with Crippen LogP contribution in [0, 0.1) is 6.92 Å². The zero-order valence-electron chi connectivity index (χ0n) is 11.5. The van der Waals surface area contributed by atoms with Gasteiger partial charge < -0.3 is 9.64 Å². The van der Waals surface area contributed by atoms with Gasteiger partial charge in [0.25, 0.3) is 0 Å². The van der Waals surface area contributed by atoms with Gasteiger partial charge in [-0.25, -0.2) is 0 Å². The molecule has 0 amide bonds. The van der Waals surface area contributed by atoms with Crippen LogP contribution in [0.3, 0.4) is 0 Å². The standard InChI is InChI=1S/C16H18ClNO/c1-12-4-9-16(13(10-12)11-17)18(2)14-5-7-15(19-3)8-6-14/h4-10H,11H2,1-3H3. The van der Waals surface area contributed by atoms with E-state index in [1.165, 1.54) is 5.56 Å². The molecule has 0 bridgehead atoms. The van der Waals surface area contributed by atoms with Gasteiger partial charge in [0.05, 0.1) is 7.11 Å². The fourth-order valence-electron chi connectivity index (χ4n) is 2.09. The van der Waals surface area contributed by atoms with Crippen LogP contribution in [-0.2, 0) is 5.88 Å². The van der Waals surface area contributed by atoms with E-state index in [4.69, 9.17) is 16.3 Å².